The first-order valence-electron chi connectivity index (χ1n) is 6.89. The molecule has 0 fully saturated rings. The van der Waals surface area contributed by atoms with Crippen LogP contribution < -0.4 is 0 Å². The molecule has 0 aliphatic heterocycles. The van der Waals surface area contributed by atoms with Crippen molar-refractivity contribution in [2.45, 2.75) is 11.8 Å². The number of halogens is 1. The minimum atomic E-state index is -3.39. The molecule has 0 amide bonds. The van der Waals surface area contributed by atoms with Crippen LogP contribution in [-0.4, -0.2) is 19.7 Å². The highest BCUT2D eigenvalue weighted by molar-refractivity contribution is 7.90. The first-order chi connectivity index (χ1) is 10.9. The summed E-state index contributed by atoms with van der Waals surface area (Å²) in [5.41, 5.74) is 1.90. The zero-order valence-electron chi connectivity index (χ0n) is 12.6. The lowest BCUT2D eigenvalue weighted by atomic mass is 10.1. The van der Waals surface area contributed by atoms with E-state index in [-0.39, 0.29) is 4.90 Å². The van der Waals surface area contributed by atoms with Crippen LogP contribution in [-0.2, 0) is 9.84 Å². The predicted octanol–water partition coefficient (Wildman–Crippen LogP) is 4.37. The third kappa shape index (κ3) is 3.16. The Balaban J connectivity index is 2.25. The first-order valence-corrected chi connectivity index (χ1v) is 9.16. The monoisotopic (exact) mass is 347 g/mol. The zero-order chi connectivity index (χ0) is 16.6. The van der Waals surface area contributed by atoms with Crippen LogP contribution in [0.1, 0.15) is 5.89 Å². The van der Waals surface area contributed by atoms with E-state index in [0.717, 1.165) is 5.56 Å². The molecule has 0 radical (unpaired) electrons. The van der Waals surface area contributed by atoms with Crippen LogP contribution in [0.5, 0.6) is 0 Å². The Morgan fingerprint density at radius 1 is 1.04 bits per heavy atom. The van der Waals surface area contributed by atoms with Crippen molar-refractivity contribution in [3.63, 3.8) is 0 Å². The van der Waals surface area contributed by atoms with Gasteiger partial charge < -0.3 is 4.42 Å². The maximum absolute atomic E-state index is 12.0. The SMILES string of the molecule is Cc1nc(-c2ccc(Cl)cc2)c(-c2ccccc2S(C)(=O)=O)o1. The number of oxazole rings is 1. The normalized spacial score (nSPS) is 11.6. The van der Waals surface area contributed by atoms with E-state index < -0.39 is 9.84 Å². The number of aromatic nitrogens is 1. The average molecular weight is 348 g/mol. The molecule has 118 valence electrons. The quantitative estimate of drug-likeness (QED) is 0.705. The Hall–Kier alpha value is -2.11. The van der Waals surface area contributed by atoms with Gasteiger partial charge in [0.2, 0.25) is 0 Å². The third-order valence-electron chi connectivity index (χ3n) is 3.38. The largest absolute Gasteiger partial charge is 0.440 e. The average Bonchev–Trinajstić information content (AvgIpc) is 2.89. The highest BCUT2D eigenvalue weighted by Gasteiger charge is 2.21. The number of aryl methyl sites for hydroxylation is 1. The predicted molar refractivity (Wildman–Crippen MR) is 90.2 cm³/mol. The molecule has 0 spiro atoms. The van der Waals surface area contributed by atoms with Crippen molar-refractivity contribution in [1.29, 1.82) is 0 Å². The number of sulfone groups is 1. The Labute approximate surface area is 139 Å². The van der Waals surface area contributed by atoms with Crippen molar-refractivity contribution in [3.05, 3.63) is 59.4 Å². The maximum atomic E-state index is 12.0. The number of nitrogens with zero attached hydrogens (tertiary/aromatic N) is 1. The van der Waals surface area contributed by atoms with Gasteiger partial charge in [-0.2, -0.15) is 0 Å². The van der Waals surface area contributed by atoms with E-state index in [1.807, 2.05) is 12.1 Å². The Morgan fingerprint density at radius 2 is 1.70 bits per heavy atom. The summed E-state index contributed by atoms with van der Waals surface area (Å²) in [6.07, 6.45) is 1.18. The topological polar surface area (TPSA) is 60.2 Å². The second kappa shape index (κ2) is 5.83. The molecule has 1 aromatic heterocycles. The van der Waals surface area contributed by atoms with Gasteiger partial charge in [-0.15, -0.1) is 0 Å². The Bertz CT molecular complexity index is 960. The summed E-state index contributed by atoms with van der Waals surface area (Å²) in [5.74, 6) is 0.902. The third-order valence-corrected chi connectivity index (χ3v) is 4.79. The van der Waals surface area contributed by atoms with Crippen LogP contribution in [0.25, 0.3) is 22.6 Å². The highest BCUT2D eigenvalue weighted by Crippen LogP contribution is 2.36. The standard InChI is InChI=1S/C17H14ClNO3S/c1-11-19-16(12-7-9-13(18)10-8-12)17(22-11)14-5-3-4-6-15(14)23(2,20)21/h3-10H,1-2H3. The van der Waals surface area contributed by atoms with E-state index in [1.54, 1.807) is 43.3 Å². The molecule has 0 aliphatic carbocycles. The number of hydrogen-bond acceptors (Lipinski definition) is 4. The lowest BCUT2D eigenvalue weighted by Crippen LogP contribution is -1.99. The minimum Gasteiger partial charge on any atom is -0.440 e. The molecule has 6 heteroatoms. The Morgan fingerprint density at radius 3 is 2.35 bits per heavy atom. The van der Waals surface area contributed by atoms with Crippen molar-refractivity contribution < 1.29 is 12.8 Å². The van der Waals surface area contributed by atoms with Crippen molar-refractivity contribution in [2.24, 2.45) is 0 Å². The van der Waals surface area contributed by atoms with Gasteiger partial charge in [0.15, 0.2) is 21.5 Å². The summed E-state index contributed by atoms with van der Waals surface area (Å²) in [5, 5.41) is 0.618. The first kappa shape index (κ1) is 15.8. The van der Waals surface area contributed by atoms with E-state index in [0.29, 0.717) is 27.9 Å². The molecule has 0 bridgehead atoms. The van der Waals surface area contributed by atoms with Gasteiger partial charge in [-0.1, -0.05) is 35.9 Å². The molecule has 2 aromatic carbocycles. The van der Waals surface area contributed by atoms with E-state index in [2.05, 4.69) is 4.98 Å². The molecule has 0 atom stereocenters. The summed E-state index contributed by atoms with van der Waals surface area (Å²) >= 11 is 5.92. The molecule has 0 N–H and O–H groups in total. The maximum Gasteiger partial charge on any atom is 0.192 e. The fourth-order valence-electron chi connectivity index (χ4n) is 2.39. The van der Waals surface area contributed by atoms with E-state index in [4.69, 9.17) is 16.0 Å². The molecule has 1 heterocycles. The minimum absolute atomic E-state index is 0.214. The lowest BCUT2D eigenvalue weighted by Gasteiger charge is -2.07. The van der Waals surface area contributed by atoms with Gasteiger partial charge in [-0.25, -0.2) is 13.4 Å². The fraction of sp³-hybridized carbons (Fsp3) is 0.118. The molecule has 4 nitrogen and oxygen atoms in total. The molecule has 3 rings (SSSR count). The fourth-order valence-corrected chi connectivity index (χ4v) is 3.40. The number of benzene rings is 2. The van der Waals surface area contributed by atoms with E-state index in [9.17, 15) is 8.42 Å². The van der Waals surface area contributed by atoms with E-state index in [1.165, 1.54) is 6.26 Å². The summed E-state index contributed by atoms with van der Waals surface area (Å²) < 4.78 is 29.8. The smallest absolute Gasteiger partial charge is 0.192 e. The summed E-state index contributed by atoms with van der Waals surface area (Å²) in [6, 6.07) is 13.9. The molecule has 0 aliphatic rings. The van der Waals surface area contributed by atoms with Crippen LogP contribution in [0.15, 0.2) is 57.8 Å². The van der Waals surface area contributed by atoms with Gasteiger partial charge >= 0.3 is 0 Å². The summed E-state index contributed by atoms with van der Waals surface area (Å²) in [7, 11) is -3.39. The van der Waals surface area contributed by atoms with Gasteiger partial charge in [0, 0.05) is 29.3 Å². The van der Waals surface area contributed by atoms with Gasteiger partial charge in [0.05, 0.1) is 4.90 Å². The van der Waals surface area contributed by atoms with Gasteiger partial charge in [0.25, 0.3) is 0 Å². The molecule has 0 saturated heterocycles. The number of hydrogen-bond donors (Lipinski definition) is 0. The molecule has 0 saturated carbocycles. The van der Waals surface area contributed by atoms with Crippen molar-refractivity contribution in [1.82, 2.24) is 4.98 Å². The van der Waals surface area contributed by atoms with Gasteiger partial charge in [-0.05, 0) is 24.3 Å². The Kier molecular flexibility index (Phi) is 4.00. The molecule has 3 aromatic rings. The van der Waals surface area contributed by atoms with E-state index >= 15 is 0 Å². The van der Waals surface area contributed by atoms with Crippen LogP contribution in [0.4, 0.5) is 0 Å². The number of rotatable bonds is 3. The molecular weight excluding hydrogens is 334 g/mol. The van der Waals surface area contributed by atoms with Crippen LogP contribution in [0.3, 0.4) is 0 Å². The van der Waals surface area contributed by atoms with Gasteiger partial charge in [0.1, 0.15) is 5.69 Å². The summed E-state index contributed by atoms with van der Waals surface area (Å²) in [4.78, 5) is 4.62. The molecule has 23 heavy (non-hydrogen) atoms. The van der Waals surface area contributed by atoms with Crippen LogP contribution >= 0.6 is 11.6 Å². The second-order valence-corrected chi connectivity index (χ2v) is 7.61. The zero-order valence-corrected chi connectivity index (χ0v) is 14.1. The van der Waals surface area contributed by atoms with Crippen molar-refractivity contribution >= 4 is 21.4 Å². The molecule has 0 unspecified atom stereocenters. The highest BCUT2D eigenvalue weighted by atomic mass is 35.5. The van der Waals surface area contributed by atoms with Crippen LogP contribution in [0.2, 0.25) is 5.02 Å². The lowest BCUT2D eigenvalue weighted by molar-refractivity contribution is 0.533. The molecular formula is C17H14ClNO3S. The van der Waals surface area contributed by atoms with Crippen LogP contribution in [0, 0.1) is 6.92 Å². The second-order valence-electron chi connectivity index (χ2n) is 5.19. The van der Waals surface area contributed by atoms with Crippen molar-refractivity contribution in [2.75, 3.05) is 6.26 Å². The summed E-state index contributed by atoms with van der Waals surface area (Å²) in [6.45, 7) is 1.73. The van der Waals surface area contributed by atoms with Gasteiger partial charge in [-0.3, -0.25) is 0 Å². The van der Waals surface area contributed by atoms with Crippen molar-refractivity contribution in [3.8, 4) is 22.6 Å².